The number of nitrogens with one attached hydrogen (secondary N) is 1. The molecule has 0 aromatic rings. The van der Waals surface area contributed by atoms with E-state index in [1.165, 1.54) is 45.6 Å². The van der Waals surface area contributed by atoms with Crippen LogP contribution in [-0.2, 0) is 0 Å². The maximum Gasteiger partial charge on any atom is 0.0221 e. The van der Waals surface area contributed by atoms with Crippen LogP contribution in [-0.4, -0.2) is 61.7 Å². The van der Waals surface area contributed by atoms with Crippen molar-refractivity contribution in [3.05, 3.63) is 0 Å². The van der Waals surface area contributed by atoms with Gasteiger partial charge in [0, 0.05) is 38.3 Å². The molecule has 1 aliphatic rings. The molecule has 0 saturated carbocycles. The zero-order valence-electron chi connectivity index (χ0n) is 11.5. The van der Waals surface area contributed by atoms with Crippen molar-refractivity contribution in [3.8, 4) is 0 Å². The molecular formula is C13H29N3. The van der Waals surface area contributed by atoms with E-state index in [0.717, 1.165) is 0 Å². The molecule has 1 fully saturated rings. The molecule has 0 amide bonds. The van der Waals surface area contributed by atoms with Gasteiger partial charge in [-0.05, 0) is 33.4 Å². The van der Waals surface area contributed by atoms with Gasteiger partial charge in [0.1, 0.15) is 0 Å². The van der Waals surface area contributed by atoms with Gasteiger partial charge in [-0.1, -0.05) is 13.8 Å². The van der Waals surface area contributed by atoms with Crippen molar-refractivity contribution in [1.29, 1.82) is 0 Å². The number of likely N-dealkylation sites (N-methyl/N-ethyl adjacent to an activating group) is 1. The molecule has 3 nitrogen and oxygen atoms in total. The molecule has 2 atom stereocenters. The Morgan fingerprint density at radius 3 is 2.19 bits per heavy atom. The van der Waals surface area contributed by atoms with Crippen LogP contribution in [0.5, 0.6) is 0 Å². The lowest BCUT2D eigenvalue weighted by Crippen LogP contribution is -2.54. The van der Waals surface area contributed by atoms with Gasteiger partial charge in [0.2, 0.25) is 0 Å². The lowest BCUT2D eigenvalue weighted by atomic mass is 10.1. The molecule has 16 heavy (non-hydrogen) atoms. The SMILES string of the molecule is CCCN1CCN(C(C)C(CC)NC)CC1. The maximum absolute atomic E-state index is 3.43. The van der Waals surface area contributed by atoms with E-state index in [2.05, 4.69) is 42.9 Å². The summed E-state index contributed by atoms with van der Waals surface area (Å²) in [7, 11) is 2.08. The minimum absolute atomic E-state index is 0.637. The van der Waals surface area contributed by atoms with Gasteiger partial charge >= 0.3 is 0 Å². The quantitative estimate of drug-likeness (QED) is 0.740. The van der Waals surface area contributed by atoms with Crippen LogP contribution in [0.15, 0.2) is 0 Å². The molecule has 0 radical (unpaired) electrons. The van der Waals surface area contributed by atoms with Crippen molar-refractivity contribution in [2.24, 2.45) is 0 Å². The summed E-state index contributed by atoms with van der Waals surface area (Å²) in [5.41, 5.74) is 0. The van der Waals surface area contributed by atoms with Gasteiger partial charge in [0.25, 0.3) is 0 Å². The molecule has 1 heterocycles. The smallest absolute Gasteiger partial charge is 0.0221 e. The highest BCUT2D eigenvalue weighted by Gasteiger charge is 2.24. The Bertz CT molecular complexity index is 172. The predicted molar refractivity (Wildman–Crippen MR) is 70.9 cm³/mol. The summed E-state index contributed by atoms with van der Waals surface area (Å²) in [5.74, 6) is 0. The standard InChI is InChI=1S/C13H29N3/c1-5-7-15-8-10-16(11-9-15)12(3)13(6-2)14-4/h12-14H,5-11H2,1-4H3. The van der Waals surface area contributed by atoms with Crippen LogP contribution in [0, 0.1) is 0 Å². The second kappa shape index (κ2) is 7.25. The molecule has 1 N–H and O–H groups in total. The molecule has 2 unspecified atom stereocenters. The molecular weight excluding hydrogens is 198 g/mol. The molecule has 96 valence electrons. The number of nitrogens with zero attached hydrogens (tertiary/aromatic N) is 2. The van der Waals surface area contributed by atoms with Crippen molar-refractivity contribution < 1.29 is 0 Å². The Morgan fingerprint density at radius 2 is 1.75 bits per heavy atom. The van der Waals surface area contributed by atoms with Gasteiger partial charge < -0.3 is 10.2 Å². The van der Waals surface area contributed by atoms with Crippen LogP contribution >= 0.6 is 0 Å². The van der Waals surface area contributed by atoms with Gasteiger partial charge in [0.05, 0.1) is 0 Å². The van der Waals surface area contributed by atoms with Crippen LogP contribution < -0.4 is 5.32 Å². The molecule has 1 aliphatic heterocycles. The summed E-state index contributed by atoms with van der Waals surface area (Å²) in [6.45, 7) is 13.1. The van der Waals surface area contributed by atoms with Gasteiger partial charge in [-0.25, -0.2) is 0 Å². The summed E-state index contributed by atoms with van der Waals surface area (Å²) >= 11 is 0. The zero-order chi connectivity index (χ0) is 12.0. The first-order valence-electron chi connectivity index (χ1n) is 6.86. The molecule has 0 bridgehead atoms. The van der Waals surface area contributed by atoms with Crippen molar-refractivity contribution in [1.82, 2.24) is 15.1 Å². The van der Waals surface area contributed by atoms with E-state index in [1.54, 1.807) is 0 Å². The fourth-order valence-electron chi connectivity index (χ4n) is 2.75. The molecule has 3 heteroatoms. The molecule has 0 aromatic carbocycles. The first-order chi connectivity index (χ1) is 7.72. The highest BCUT2D eigenvalue weighted by atomic mass is 15.3. The van der Waals surface area contributed by atoms with E-state index in [9.17, 15) is 0 Å². The molecule has 0 spiro atoms. The second-order valence-corrected chi connectivity index (χ2v) is 4.92. The minimum Gasteiger partial charge on any atom is -0.315 e. The zero-order valence-corrected chi connectivity index (χ0v) is 11.5. The lowest BCUT2D eigenvalue weighted by Gasteiger charge is -2.40. The second-order valence-electron chi connectivity index (χ2n) is 4.92. The lowest BCUT2D eigenvalue weighted by molar-refractivity contribution is 0.0863. The van der Waals surface area contributed by atoms with E-state index < -0.39 is 0 Å². The summed E-state index contributed by atoms with van der Waals surface area (Å²) in [6.07, 6.45) is 2.50. The third kappa shape index (κ3) is 3.72. The van der Waals surface area contributed by atoms with Crippen LogP contribution in [0.1, 0.15) is 33.6 Å². The molecule has 0 aliphatic carbocycles. The average molecular weight is 227 g/mol. The van der Waals surface area contributed by atoms with Crippen molar-refractivity contribution in [3.63, 3.8) is 0 Å². The Hall–Kier alpha value is -0.120. The third-order valence-corrected chi connectivity index (χ3v) is 3.92. The van der Waals surface area contributed by atoms with Crippen molar-refractivity contribution in [2.75, 3.05) is 39.8 Å². The third-order valence-electron chi connectivity index (χ3n) is 3.92. The number of piperazine rings is 1. The van der Waals surface area contributed by atoms with Crippen LogP contribution in [0.4, 0.5) is 0 Å². The van der Waals surface area contributed by atoms with Gasteiger partial charge in [-0.3, -0.25) is 4.90 Å². The van der Waals surface area contributed by atoms with Crippen LogP contribution in [0.2, 0.25) is 0 Å². The summed E-state index contributed by atoms with van der Waals surface area (Å²) in [4.78, 5) is 5.22. The first-order valence-corrected chi connectivity index (χ1v) is 6.86. The predicted octanol–water partition coefficient (Wildman–Crippen LogP) is 1.40. The largest absolute Gasteiger partial charge is 0.315 e. The topological polar surface area (TPSA) is 18.5 Å². The molecule has 0 aromatic heterocycles. The van der Waals surface area contributed by atoms with Gasteiger partial charge in [-0.15, -0.1) is 0 Å². The fraction of sp³-hybridized carbons (Fsp3) is 1.00. The van der Waals surface area contributed by atoms with E-state index in [-0.39, 0.29) is 0 Å². The van der Waals surface area contributed by atoms with Gasteiger partial charge in [-0.2, -0.15) is 0 Å². The van der Waals surface area contributed by atoms with Crippen LogP contribution in [0.25, 0.3) is 0 Å². The van der Waals surface area contributed by atoms with E-state index in [0.29, 0.717) is 12.1 Å². The van der Waals surface area contributed by atoms with Crippen LogP contribution in [0.3, 0.4) is 0 Å². The first kappa shape index (κ1) is 13.9. The van der Waals surface area contributed by atoms with Gasteiger partial charge in [0.15, 0.2) is 0 Å². The Kier molecular flexibility index (Phi) is 6.32. The number of hydrogen-bond donors (Lipinski definition) is 1. The summed E-state index contributed by atoms with van der Waals surface area (Å²) < 4.78 is 0. The summed E-state index contributed by atoms with van der Waals surface area (Å²) in [5, 5.41) is 3.43. The van der Waals surface area contributed by atoms with E-state index in [1.807, 2.05) is 0 Å². The van der Waals surface area contributed by atoms with Crippen molar-refractivity contribution >= 4 is 0 Å². The molecule has 1 saturated heterocycles. The average Bonchev–Trinajstić information content (AvgIpc) is 2.32. The highest BCUT2D eigenvalue weighted by Crippen LogP contribution is 2.11. The van der Waals surface area contributed by atoms with Crippen molar-refractivity contribution in [2.45, 2.75) is 45.7 Å². The fourth-order valence-corrected chi connectivity index (χ4v) is 2.75. The monoisotopic (exact) mass is 227 g/mol. The normalized spacial score (nSPS) is 23.2. The van der Waals surface area contributed by atoms with E-state index in [4.69, 9.17) is 0 Å². The highest BCUT2D eigenvalue weighted by molar-refractivity contribution is 4.83. The minimum atomic E-state index is 0.637. The number of hydrogen-bond acceptors (Lipinski definition) is 3. The number of rotatable bonds is 6. The Balaban J connectivity index is 2.34. The molecule has 1 rings (SSSR count). The summed E-state index contributed by atoms with van der Waals surface area (Å²) in [6, 6.07) is 1.30. The Labute approximate surface area is 101 Å². The van der Waals surface area contributed by atoms with E-state index >= 15 is 0 Å². The Morgan fingerprint density at radius 1 is 1.12 bits per heavy atom. The maximum atomic E-state index is 3.43.